The molecule has 0 aromatic heterocycles. The minimum absolute atomic E-state index is 0.175. The monoisotopic (exact) mass is 205 g/mol. The molecule has 0 aliphatic heterocycles. The van der Waals surface area contributed by atoms with Gasteiger partial charge in [0.05, 0.1) is 10.8 Å². The summed E-state index contributed by atoms with van der Waals surface area (Å²) in [5.74, 6) is 0. The summed E-state index contributed by atoms with van der Waals surface area (Å²) in [5, 5.41) is 10.9. The fourth-order valence-corrected chi connectivity index (χ4v) is 1.15. The molecule has 0 spiro atoms. The second kappa shape index (κ2) is 6.22. The highest BCUT2D eigenvalue weighted by molar-refractivity contribution is 7.78. The molecule has 0 aliphatic rings. The van der Waals surface area contributed by atoms with Gasteiger partial charge in [0.1, 0.15) is 0 Å². The Morgan fingerprint density at radius 2 is 2.36 bits per heavy atom. The van der Waals surface area contributed by atoms with E-state index in [2.05, 4.69) is 22.4 Å². The van der Waals surface area contributed by atoms with Crippen molar-refractivity contribution in [2.45, 2.75) is 6.42 Å². The molecule has 0 unspecified atom stereocenters. The standard InChI is InChI=1S/C11H11NOS/c13-7-2-1-4-10-5-3-6-11(8-10)12-9-14/h1,3-6,8,13H,2,7H2. The van der Waals surface area contributed by atoms with E-state index in [1.54, 1.807) is 0 Å². The zero-order valence-corrected chi connectivity index (χ0v) is 8.50. The number of aliphatic hydroxyl groups excluding tert-OH is 1. The van der Waals surface area contributed by atoms with Gasteiger partial charge in [-0.2, -0.15) is 4.99 Å². The van der Waals surface area contributed by atoms with Crippen LogP contribution >= 0.6 is 12.2 Å². The van der Waals surface area contributed by atoms with Gasteiger partial charge in [-0.25, -0.2) is 0 Å². The Labute approximate surface area is 88.6 Å². The van der Waals surface area contributed by atoms with Crippen LogP contribution in [0.15, 0.2) is 35.3 Å². The predicted octanol–water partition coefficient (Wildman–Crippen LogP) is 2.82. The van der Waals surface area contributed by atoms with E-state index in [1.165, 1.54) is 0 Å². The third-order valence-corrected chi connectivity index (χ3v) is 1.74. The highest BCUT2D eigenvalue weighted by Gasteiger charge is 1.89. The van der Waals surface area contributed by atoms with Gasteiger partial charge in [0.25, 0.3) is 0 Å². The lowest BCUT2D eigenvalue weighted by Gasteiger charge is -1.94. The van der Waals surface area contributed by atoms with E-state index in [-0.39, 0.29) is 6.61 Å². The van der Waals surface area contributed by atoms with Crippen LogP contribution < -0.4 is 0 Å². The number of isothiocyanates is 1. The molecule has 1 aromatic carbocycles. The van der Waals surface area contributed by atoms with Crippen molar-refractivity contribution < 1.29 is 5.11 Å². The molecular formula is C11H11NOS. The fourth-order valence-electron chi connectivity index (χ4n) is 1.04. The second-order valence-electron chi connectivity index (χ2n) is 2.71. The van der Waals surface area contributed by atoms with Crippen molar-refractivity contribution in [1.82, 2.24) is 0 Å². The Kier molecular flexibility index (Phi) is 4.79. The average Bonchev–Trinajstić information content (AvgIpc) is 2.19. The van der Waals surface area contributed by atoms with Crippen molar-refractivity contribution in [3.05, 3.63) is 35.9 Å². The first kappa shape index (κ1) is 10.8. The van der Waals surface area contributed by atoms with Crippen LogP contribution in [0.4, 0.5) is 5.69 Å². The Morgan fingerprint density at radius 1 is 1.50 bits per heavy atom. The average molecular weight is 205 g/mol. The third-order valence-electron chi connectivity index (χ3n) is 1.65. The molecule has 1 aromatic rings. The predicted molar refractivity (Wildman–Crippen MR) is 61.9 cm³/mol. The number of benzene rings is 1. The van der Waals surface area contributed by atoms with E-state index in [0.717, 1.165) is 11.3 Å². The quantitative estimate of drug-likeness (QED) is 0.605. The molecule has 1 rings (SSSR count). The van der Waals surface area contributed by atoms with Crippen LogP contribution in [0.5, 0.6) is 0 Å². The molecule has 0 heterocycles. The first-order valence-electron chi connectivity index (χ1n) is 4.32. The SMILES string of the molecule is OCCC=Cc1cccc(N=C=S)c1. The Hall–Kier alpha value is -1.28. The number of aliphatic imine (C=N–C) groups is 1. The molecule has 0 bridgehead atoms. The number of hydrogen-bond acceptors (Lipinski definition) is 3. The summed E-state index contributed by atoms with van der Waals surface area (Å²) in [6.07, 6.45) is 4.53. The minimum Gasteiger partial charge on any atom is -0.396 e. The van der Waals surface area contributed by atoms with Crippen molar-refractivity contribution in [1.29, 1.82) is 0 Å². The van der Waals surface area contributed by atoms with Crippen LogP contribution in [0.1, 0.15) is 12.0 Å². The molecule has 0 aliphatic carbocycles. The molecule has 0 fully saturated rings. The van der Waals surface area contributed by atoms with Gasteiger partial charge in [-0.1, -0.05) is 24.3 Å². The van der Waals surface area contributed by atoms with Crippen LogP contribution in [0.2, 0.25) is 0 Å². The first-order chi connectivity index (χ1) is 6.86. The van der Waals surface area contributed by atoms with Gasteiger partial charge in [-0.3, -0.25) is 0 Å². The van der Waals surface area contributed by atoms with E-state index in [9.17, 15) is 0 Å². The fraction of sp³-hybridized carbons (Fsp3) is 0.182. The molecule has 1 N–H and O–H groups in total. The van der Waals surface area contributed by atoms with Gasteiger partial charge in [-0.05, 0) is 36.3 Å². The molecule has 2 nitrogen and oxygen atoms in total. The van der Waals surface area contributed by atoms with Crippen LogP contribution in [-0.4, -0.2) is 16.9 Å². The summed E-state index contributed by atoms with van der Waals surface area (Å²) in [6.45, 7) is 0.175. The lowest BCUT2D eigenvalue weighted by molar-refractivity contribution is 0.303. The van der Waals surface area contributed by atoms with Crippen LogP contribution in [0.25, 0.3) is 6.08 Å². The van der Waals surface area contributed by atoms with Gasteiger partial charge < -0.3 is 5.11 Å². The minimum atomic E-state index is 0.175. The normalized spacial score (nSPS) is 10.1. The Morgan fingerprint density at radius 3 is 3.07 bits per heavy atom. The molecule has 0 saturated heterocycles. The smallest absolute Gasteiger partial charge is 0.0745 e. The molecule has 0 atom stereocenters. The van der Waals surface area contributed by atoms with Gasteiger partial charge in [0, 0.05) is 6.61 Å². The van der Waals surface area contributed by atoms with E-state index in [4.69, 9.17) is 5.11 Å². The molecule has 72 valence electrons. The molecule has 3 heteroatoms. The second-order valence-corrected chi connectivity index (χ2v) is 2.90. The molecular weight excluding hydrogens is 194 g/mol. The lowest BCUT2D eigenvalue weighted by Crippen LogP contribution is -1.76. The van der Waals surface area contributed by atoms with Crippen LogP contribution in [0, 0.1) is 0 Å². The maximum absolute atomic E-state index is 8.59. The summed E-state index contributed by atoms with van der Waals surface area (Å²) in [6, 6.07) is 7.65. The number of aliphatic hydroxyl groups is 1. The third kappa shape index (κ3) is 3.62. The summed E-state index contributed by atoms with van der Waals surface area (Å²) in [5.41, 5.74) is 1.84. The Balaban J connectivity index is 2.77. The lowest BCUT2D eigenvalue weighted by atomic mass is 10.2. The van der Waals surface area contributed by atoms with Crippen molar-refractivity contribution in [2.75, 3.05) is 6.61 Å². The first-order valence-corrected chi connectivity index (χ1v) is 4.73. The van der Waals surface area contributed by atoms with Crippen molar-refractivity contribution in [2.24, 2.45) is 4.99 Å². The number of nitrogens with zero attached hydrogens (tertiary/aromatic N) is 1. The maximum Gasteiger partial charge on any atom is 0.0745 e. The van der Waals surface area contributed by atoms with Gasteiger partial charge in [0.15, 0.2) is 0 Å². The van der Waals surface area contributed by atoms with Crippen LogP contribution in [-0.2, 0) is 0 Å². The topological polar surface area (TPSA) is 32.6 Å². The van der Waals surface area contributed by atoms with E-state index in [1.807, 2.05) is 36.4 Å². The summed E-state index contributed by atoms with van der Waals surface area (Å²) in [7, 11) is 0. The Bertz CT molecular complexity index is 367. The van der Waals surface area contributed by atoms with E-state index >= 15 is 0 Å². The molecule has 0 radical (unpaired) electrons. The number of hydrogen-bond donors (Lipinski definition) is 1. The summed E-state index contributed by atoms with van der Waals surface area (Å²) < 4.78 is 0. The van der Waals surface area contributed by atoms with Crippen molar-refractivity contribution >= 4 is 29.1 Å². The largest absolute Gasteiger partial charge is 0.396 e. The van der Waals surface area contributed by atoms with Gasteiger partial charge in [-0.15, -0.1) is 0 Å². The van der Waals surface area contributed by atoms with Crippen molar-refractivity contribution in [3.8, 4) is 0 Å². The maximum atomic E-state index is 8.59. The van der Waals surface area contributed by atoms with Gasteiger partial charge >= 0.3 is 0 Å². The summed E-state index contributed by atoms with van der Waals surface area (Å²) >= 11 is 4.52. The highest BCUT2D eigenvalue weighted by Crippen LogP contribution is 2.14. The van der Waals surface area contributed by atoms with Crippen LogP contribution in [0.3, 0.4) is 0 Å². The number of rotatable bonds is 4. The zero-order valence-electron chi connectivity index (χ0n) is 7.68. The highest BCUT2D eigenvalue weighted by atomic mass is 32.1. The summed E-state index contributed by atoms with van der Waals surface area (Å²) in [4.78, 5) is 3.88. The molecule has 14 heavy (non-hydrogen) atoms. The van der Waals surface area contributed by atoms with E-state index < -0.39 is 0 Å². The molecule has 0 saturated carbocycles. The number of thiocarbonyl (C=S) groups is 1. The molecule has 0 amide bonds. The van der Waals surface area contributed by atoms with Crippen molar-refractivity contribution in [3.63, 3.8) is 0 Å². The van der Waals surface area contributed by atoms with Gasteiger partial charge in [0.2, 0.25) is 0 Å². The zero-order chi connectivity index (χ0) is 10.2. The van der Waals surface area contributed by atoms with E-state index in [0.29, 0.717) is 6.42 Å².